The topological polar surface area (TPSA) is 65.7 Å². The maximum atomic E-state index is 12.7. The van der Waals surface area contributed by atoms with Crippen LogP contribution < -0.4 is 0 Å². The Kier molecular flexibility index (Phi) is 6.49. The zero-order chi connectivity index (χ0) is 21.1. The Bertz CT molecular complexity index is 832. The predicted molar refractivity (Wildman–Crippen MR) is 116 cm³/mol. The Hall–Kier alpha value is -2.25. The molecule has 0 aliphatic carbocycles. The van der Waals surface area contributed by atoms with E-state index < -0.39 is 0 Å². The Balaban J connectivity index is 1.24. The smallest absolute Gasteiger partial charge is 0.241 e. The van der Waals surface area contributed by atoms with Crippen LogP contribution in [0.1, 0.15) is 31.7 Å². The molecule has 0 bridgehead atoms. The molecular formula is C23H33N5O2. The van der Waals surface area contributed by atoms with Gasteiger partial charge in [0.1, 0.15) is 0 Å². The van der Waals surface area contributed by atoms with Crippen molar-refractivity contribution in [2.24, 2.45) is 11.8 Å². The number of likely N-dealkylation sites (tertiary alicyclic amines) is 1. The molecule has 1 aromatic carbocycles. The monoisotopic (exact) mass is 411 g/mol. The largest absolute Gasteiger partial charge is 0.341 e. The van der Waals surface area contributed by atoms with Gasteiger partial charge < -0.3 is 9.42 Å². The van der Waals surface area contributed by atoms with Gasteiger partial charge in [-0.2, -0.15) is 4.98 Å². The summed E-state index contributed by atoms with van der Waals surface area (Å²) < 4.78 is 5.47. The fourth-order valence-corrected chi connectivity index (χ4v) is 4.59. The summed E-state index contributed by atoms with van der Waals surface area (Å²) in [5.74, 6) is 2.77. The van der Waals surface area contributed by atoms with E-state index in [1.54, 1.807) is 0 Å². The van der Waals surface area contributed by atoms with Gasteiger partial charge in [0, 0.05) is 44.8 Å². The highest BCUT2D eigenvalue weighted by Gasteiger charge is 2.27. The third-order valence-corrected chi connectivity index (χ3v) is 6.18. The van der Waals surface area contributed by atoms with E-state index in [1.165, 1.54) is 12.0 Å². The molecule has 2 aliphatic rings. The van der Waals surface area contributed by atoms with Crippen LogP contribution >= 0.6 is 0 Å². The molecule has 2 atom stereocenters. The van der Waals surface area contributed by atoms with Crippen molar-refractivity contribution in [3.05, 3.63) is 35.7 Å². The molecule has 2 fully saturated rings. The maximum absolute atomic E-state index is 12.7. The average molecular weight is 412 g/mol. The van der Waals surface area contributed by atoms with Crippen LogP contribution in [0.4, 0.5) is 0 Å². The number of piperidine rings is 1. The summed E-state index contributed by atoms with van der Waals surface area (Å²) >= 11 is 0. The van der Waals surface area contributed by atoms with Gasteiger partial charge in [-0.05, 0) is 25.2 Å². The first-order valence-electron chi connectivity index (χ1n) is 11.1. The van der Waals surface area contributed by atoms with E-state index >= 15 is 0 Å². The summed E-state index contributed by atoms with van der Waals surface area (Å²) in [6.07, 6.45) is 1.23. The summed E-state index contributed by atoms with van der Waals surface area (Å²) in [5, 5.41) is 4.13. The molecule has 3 heterocycles. The fraction of sp³-hybridized carbons (Fsp3) is 0.609. The van der Waals surface area contributed by atoms with Crippen LogP contribution in [0.2, 0.25) is 0 Å². The van der Waals surface area contributed by atoms with Crippen molar-refractivity contribution in [2.45, 2.75) is 33.7 Å². The number of hydrogen-bond donors (Lipinski definition) is 0. The van der Waals surface area contributed by atoms with Crippen molar-refractivity contribution >= 4 is 5.91 Å². The normalized spacial score (nSPS) is 23.6. The van der Waals surface area contributed by atoms with Crippen molar-refractivity contribution in [3.8, 4) is 11.4 Å². The molecular weight excluding hydrogens is 378 g/mol. The number of amides is 1. The van der Waals surface area contributed by atoms with Crippen molar-refractivity contribution in [3.63, 3.8) is 0 Å². The van der Waals surface area contributed by atoms with Crippen molar-refractivity contribution in [2.75, 3.05) is 45.8 Å². The SMILES string of the molecule is Cc1ccc(-c2noc(CN3CCN(CC(=O)N4CC(C)CC(C)C4)CC3)n2)cc1. The van der Waals surface area contributed by atoms with E-state index in [2.05, 4.69) is 57.7 Å². The van der Waals surface area contributed by atoms with E-state index in [0.717, 1.165) is 44.8 Å². The van der Waals surface area contributed by atoms with E-state index in [9.17, 15) is 4.79 Å². The molecule has 1 amide bonds. The molecule has 0 radical (unpaired) electrons. The number of carbonyl (C=O) groups is 1. The van der Waals surface area contributed by atoms with E-state index in [-0.39, 0.29) is 5.91 Å². The summed E-state index contributed by atoms with van der Waals surface area (Å²) in [6.45, 7) is 13.2. The first kappa shape index (κ1) is 21.0. The van der Waals surface area contributed by atoms with Crippen LogP contribution in [0.5, 0.6) is 0 Å². The van der Waals surface area contributed by atoms with E-state index in [4.69, 9.17) is 4.52 Å². The third-order valence-electron chi connectivity index (χ3n) is 6.18. The number of piperazine rings is 1. The van der Waals surface area contributed by atoms with Gasteiger partial charge in [-0.25, -0.2) is 0 Å². The van der Waals surface area contributed by atoms with E-state index in [0.29, 0.717) is 36.6 Å². The van der Waals surface area contributed by atoms with Crippen molar-refractivity contribution in [1.29, 1.82) is 0 Å². The van der Waals surface area contributed by atoms with Crippen LogP contribution in [0.3, 0.4) is 0 Å². The summed E-state index contributed by atoms with van der Waals surface area (Å²) in [7, 11) is 0. The van der Waals surface area contributed by atoms with Gasteiger partial charge in [0.15, 0.2) is 0 Å². The van der Waals surface area contributed by atoms with Crippen LogP contribution in [0.15, 0.2) is 28.8 Å². The molecule has 4 rings (SSSR count). The Morgan fingerprint density at radius 1 is 1.03 bits per heavy atom. The number of nitrogens with zero attached hydrogens (tertiary/aromatic N) is 5. The molecule has 0 saturated carbocycles. The molecule has 0 N–H and O–H groups in total. The highest BCUT2D eigenvalue weighted by molar-refractivity contribution is 5.78. The van der Waals surface area contributed by atoms with Crippen LogP contribution in [0.25, 0.3) is 11.4 Å². The minimum Gasteiger partial charge on any atom is -0.341 e. The first-order chi connectivity index (χ1) is 14.5. The fourth-order valence-electron chi connectivity index (χ4n) is 4.59. The van der Waals surface area contributed by atoms with Crippen molar-refractivity contribution in [1.82, 2.24) is 24.8 Å². The van der Waals surface area contributed by atoms with Gasteiger partial charge in [0.2, 0.25) is 17.6 Å². The van der Waals surface area contributed by atoms with Gasteiger partial charge in [0.25, 0.3) is 0 Å². The quantitative estimate of drug-likeness (QED) is 0.754. The molecule has 2 aromatic rings. The zero-order valence-corrected chi connectivity index (χ0v) is 18.4. The second-order valence-electron chi connectivity index (χ2n) is 9.17. The average Bonchev–Trinajstić information content (AvgIpc) is 3.18. The molecule has 7 heteroatoms. The highest BCUT2D eigenvalue weighted by atomic mass is 16.5. The van der Waals surface area contributed by atoms with Gasteiger partial charge in [0.05, 0.1) is 13.1 Å². The lowest BCUT2D eigenvalue weighted by molar-refractivity contribution is -0.135. The molecule has 7 nitrogen and oxygen atoms in total. The number of hydrogen-bond acceptors (Lipinski definition) is 6. The standard InChI is InChI=1S/C23H33N5O2/c1-17-4-6-20(7-5-17)23-24-21(30-25-23)15-26-8-10-27(11-9-26)16-22(29)28-13-18(2)12-19(3)14-28/h4-7,18-19H,8-16H2,1-3H3. The second-order valence-corrected chi connectivity index (χ2v) is 9.17. The first-order valence-corrected chi connectivity index (χ1v) is 11.1. The van der Waals surface area contributed by atoms with Gasteiger partial charge >= 0.3 is 0 Å². The Morgan fingerprint density at radius 3 is 2.33 bits per heavy atom. The molecule has 2 saturated heterocycles. The molecule has 0 spiro atoms. The lowest BCUT2D eigenvalue weighted by Gasteiger charge is -2.38. The minimum atomic E-state index is 0.279. The number of aryl methyl sites for hydroxylation is 1. The lowest BCUT2D eigenvalue weighted by Crippen LogP contribution is -2.51. The van der Waals surface area contributed by atoms with Crippen molar-refractivity contribution < 1.29 is 9.32 Å². The number of rotatable bonds is 5. The Morgan fingerprint density at radius 2 is 1.67 bits per heavy atom. The maximum Gasteiger partial charge on any atom is 0.241 e. The zero-order valence-electron chi connectivity index (χ0n) is 18.4. The van der Waals surface area contributed by atoms with Crippen LogP contribution in [0, 0.1) is 18.8 Å². The third kappa shape index (κ3) is 5.26. The number of benzene rings is 1. The highest BCUT2D eigenvalue weighted by Crippen LogP contribution is 2.21. The molecule has 162 valence electrons. The lowest BCUT2D eigenvalue weighted by atomic mass is 9.92. The predicted octanol–water partition coefficient (Wildman–Crippen LogP) is 2.67. The summed E-state index contributed by atoms with van der Waals surface area (Å²) in [6, 6.07) is 8.14. The summed E-state index contributed by atoms with van der Waals surface area (Å²) in [5.41, 5.74) is 2.18. The van der Waals surface area contributed by atoms with Crippen LogP contribution in [-0.2, 0) is 11.3 Å². The van der Waals surface area contributed by atoms with E-state index in [1.807, 2.05) is 12.1 Å². The number of aromatic nitrogens is 2. The molecule has 1 aromatic heterocycles. The molecule has 2 unspecified atom stereocenters. The van der Waals surface area contributed by atoms with Gasteiger partial charge in [-0.1, -0.05) is 48.8 Å². The molecule has 2 aliphatic heterocycles. The number of carbonyl (C=O) groups excluding carboxylic acids is 1. The Labute approximate surface area is 179 Å². The van der Waals surface area contributed by atoms with Crippen LogP contribution in [-0.4, -0.2) is 76.6 Å². The van der Waals surface area contributed by atoms with Gasteiger partial charge in [-0.3, -0.25) is 14.6 Å². The molecule has 30 heavy (non-hydrogen) atoms. The summed E-state index contributed by atoms with van der Waals surface area (Å²) in [4.78, 5) is 23.9. The minimum absolute atomic E-state index is 0.279. The second kappa shape index (κ2) is 9.27. The van der Waals surface area contributed by atoms with Gasteiger partial charge in [-0.15, -0.1) is 0 Å².